The minimum absolute atomic E-state index is 0.271. The highest BCUT2D eigenvalue weighted by atomic mass is 16.6. The topological polar surface area (TPSA) is 44.5 Å². The monoisotopic (exact) mass is 275 g/mol. The van der Waals surface area contributed by atoms with Gasteiger partial charge in [0.25, 0.3) is 0 Å². The van der Waals surface area contributed by atoms with Crippen molar-refractivity contribution < 1.29 is 9.47 Å². The first-order valence-corrected chi connectivity index (χ1v) is 7.80. The summed E-state index contributed by atoms with van der Waals surface area (Å²) in [7, 11) is 0. The first-order valence-electron chi connectivity index (χ1n) is 7.80. The maximum Gasteiger partial charge on any atom is 0.161 e. The number of nitrogens with two attached hydrogens (primary N) is 1. The van der Waals surface area contributed by atoms with E-state index in [-0.39, 0.29) is 6.04 Å². The maximum absolute atomic E-state index is 6.38. The molecule has 0 saturated heterocycles. The first kappa shape index (κ1) is 13.7. The molecular formula is C17H25NO2. The molecule has 0 bridgehead atoms. The molecule has 20 heavy (non-hydrogen) atoms. The Bertz CT molecular complexity index is 472. The Kier molecular flexibility index (Phi) is 3.88. The summed E-state index contributed by atoms with van der Waals surface area (Å²) in [5, 5.41) is 0. The smallest absolute Gasteiger partial charge is 0.161 e. The van der Waals surface area contributed by atoms with Gasteiger partial charge in [0.05, 0.1) is 0 Å². The van der Waals surface area contributed by atoms with Gasteiger partial charge >= 0.3 is 0 Å². The van der Waals surface area contributed by atoms with Crippen molar-refractivity contribution in [3.63, 3.8) is 0 Å². The fourth-order valence-corrected chi connectivity index (χ4v) is 3.51. The summed E-state index contributed by atoms with van der Waals surface area (Å²) < 4.78 is 11.3. The van der Waals surface area contributed by atoms with Crippen molar-refractivity contribution in [3.8, 4) is 11.5 Å². The summed E-state index contributed by atoms with van der Waals surface area (Å²) >= 11 is 0. The largest absolute Gasteiger partial charge is 0.486 e. The molecular weight excluding hydrogens is 250 g/mol. The van der Waals surface area contributed by atoms with Crippen LogP contribution in [0.5, 0.6) is 11.5 Å². The van der Waals surface area contributed by atoms with Crippen LogP contribution in [0.15, 0.2) is 18.2 Å². The van der Waals surface area contributed by atoms with Crippen LogP contribution in [0.4, 0.5) is 0 Å². The molecule has 1 heterocycles. The second kappa shape index (κ2) is 5.65. The van der Waals surface area contributed by atoms with Gasteiger partial charge < -0.3 is 15.2 Å². The van der Waals surface area contributed by atoms with Crippen LogP contribution in [0, 0.1) is 11.8 Å². The van der Waals surface area contributed by atoms with Crippen molar-refractivity contribution in [3.05, 3.63) is 23.8 Å². The minimum atomic E-state index is 0.271. The summed E-state index contributed by atoms with van der Waals surface area (Å²) in [5.74, 6) is 3.72. The lowest BCUT2D eigenvalue weighted by Crippen LogP contribution is -2.36. The lowest BCUT2D eigenvalue weighted by atomic mass is 9.71. The summed E-state index contributed by atoms with van der Waals surface area (Å²) in [4.78, 5) is 0. The van der Waals surface area contributed by atoms with E-state index in [2.05, 4.69) is 26.0 Å². The van der Waals surface area contributed by atoms with Crippen LogP contribution >= 0.6 is 0 Å². The highest BCUT2D eigenvalue weighted by Gasteiger charge is 2.31. The van der Waals surface area contributed by atoms with Crippen molar-refractivity contribution in [1.29, 1.82) is 0 Å². The first-order chi connectivity index (χ1) is 9.65. The molecule has 1 aromatic carbocycles. The lowest BCUT2D eigenvalue weighted by molar-refractivity contribution is 0.170. The maximum atomic E-state index is 6.38. The average molecular weight is 275 g/mol. The molecule has 110 valence electrons. The molecule has 0 spiro atoms. The number of ether oxygens (including phenoxy) is 2. The van der Waals surface area contributed by atoms with Crippen LogP contribution in [0.3, 0.4) is 0 Å². The van der Waals surface area contributed by atoms with E-state index >= 15 is 0 Å². The molecule has 1 aliphatic heterocycles. The molecule has 2 aliphatic rings. The number of rotatable bonds is 2. The Balaban J connectivity index is 1.83. The summed E-state index contributed by atoms with van der Waals surface area (Å²) in [6.45, 7) is 5.93. The van der Waals surface area contributed by atoms with Gasteiger partial charge in [-0.05, 0) is 54.7 Å². The van der Waals surface area contributed by atoms with Gasteiger partial charge in [0.15, 0.2) is 11.5 Å². The van der Waals surface area contributed by atoms with Crippen molar-refractivity contribution in [1.82, 2.24) is 0 Å². The van der Waals surface area contributed by atoms with E-state index in [1.54, 1.807) is 0 Å². The Labute approximate surface area is 121 Å². The van der Waals surface area contributed by atoms with Crippen LogP contribution in [0.25, 0.3) is 0 Å². The van der Waals surface area contributed by atoms with Crippen molar-refractivity contribution in [2.75, 3.05) is 13.2 Å². The van der Waals surface area contributed by atoms with Gasteiger partial charge in [-0.3, -0.25) is 0 Å². The van der Waals surface area contributed by atoms with Crippen molar-refractivity contribution >= 4 is 0 Å². The minimum Gasteiger partial charge on any atom is -0.486 e. The zero-order valence-corrected chi connectivity index (χ0v) is 12.5. The number of fused-ring (bicyclic) bond motifs is 1. The predicted octanol–water partition coefficient (Wildman–Crippen LogP) is 3.32. The SMILES string of the molecule is CC(C)C1CCC(N)C(c2ccc3c(c2)OCCO3)C1. The summed E-state index contributed by atoms with van der Waals surface area (Å²) in [6.07, 6.45) is 3.58. The molecule has 3 rings (SSSR count). The highest BCUT2D eigenvalue weighted by molar-refractivity contribution is 5.45. The van der Waals surface area contributed by atoms with Gasteiger partial charge in [0, 0.05) is 6.04 Å². The zero-order chi connectivity index (χ0) is 14.1. The lowest BCUT2D eigenvalue weighted by Gasteiger charge is -2.36. The Morgan fingerprint density at radius 2 is 1.85 bits per heavy atom. The van der Waals surface area contributed by atoms with Crippen LogP contribution in [0.1, 0.15) is 44.6 Å². The predicted molar refractivity (Wildman–Crippen MR) is 80.3 cm³/mol. The molecule has 1 saturated carbocycles. The quantitative estimate of drug-likeness (QED) is 0.900. The number of hydrogen-bond donors (Lipinski definition) is 1. The molecule has 3 heteroatoms. The molecule has 3 unspecified atom stereocenters. The van der Waals surface area contributed by atoms with E-state index in [0.29, 0.717) is 19.1 Å². The highest BCUT2D eigenvalue weighted by Crippen LogP contribution is 2.41. The van der Waals surface area contributed by atoms with E-state index in [1.165, 1.54) is 18.4 Å². The van der Waals surface area contributed by atoms with E-state index in [1.807, 2.05) is 6.07 Å². The second-order valence-corrected chi connectivity index (χ2v) is 6.49. The number of hydrogen-bond acceptors (Lipinski definition) is 3. The molecule has 0 radical (unpaired) electrons. The summed E-state index contributed by atoms with van der Waals surface area (Å²) in [6, 6.07) is 6.62. The van der Waals surface area contributed by atoms with Crippen LogP contribution in [-0.2, 0) is 0 Å². The van der Waals surface area contributed by atoms with Gasteiger partial charge in [0.2, 0.25) is 0 Å². The Morgan fingerprint density at radius 3 is 2.60 bits per heavy atom. The average Bonchev–Trinajstić information content (AvgIpc) is 2.47. The molecule has 1 aliphatic carbocycles. The molecule has 2 N–H and O–H groups in total. The molecule has 3 nitrogen and oxygen atoms in total. The summed E-state index contributed by atoms with van der Waals surface area (Å²) in [5.41, 5.74) is 7.69. The van der Waals surface area contributed by atoms with Gasteiger partial charge in [-0.15, -0.1) is 0 Å². The normalized spacial score (nSPS) is 29.5. The van der Waals surface area contributed by atoms with E-state index in [0.717, 1.165) is 29.8 Å². The third-order valence-corrected chi connectivity index (χ3v) is 4.88. The Morgan fingerprint density at radius 1 is 1.10 bits per heavy atom. The van der Waals surface area contributed by atoms with Gasteiger partial charge in [0.1, 0.15) is 13.2 Å². The van der Waals surface area contributed by atoms with Crippen molar-refractivity contribution in [2.24, 2.45) is 17.6 Å². The van der Waals surface area contributed by atoms with E-state index in [4.69, 9.17) is 15.2 Å². The molecule has 3 atom stereocenters. The van der Waals surface area contributed by atoms with Gasteiger partial charge in [-0.2, -0.15) is 0 Å². The standard InChI is InChI=1S/C17H25NO2/c1-11(2)12-3-5-15(18)14(9-12)13-4-6-16-17(10-13)20-8-7-19-16/h4,6,10-12,14-15H,3,5,7-9,18H2,1-2H3. The van der Waals surface area contributed by atoms with Crippen LogP contribution in [0.2, 0.25) is 0 Å². The van der Waals surface area contributed by atoms with Gasteiger partial charge in [-0.1, -0.05) is 19.9 Å². The van der Waals surface area contributed by atoms with Gasteiger partial charge in [-0.25, -0.2) is 0 Å². The molecule has 1 aromatic rings. The fraction of sp³-hybridized carbons (Fsp3) is 0.647. The zero-order valence-electron chi connectivity index (χ0n) is 12.5. The van der Waals surface area contributed by atoms with Crippen LogP contribution in [-0.4, -0.2) is 19.3 Å². The molecule has 0 aromatic heterocycles. The second-order valence-electron chi connectivity index (χ2n) is 6.49. The third-order valence-electron chi connectivity index (χ3n) is 4.88. The Hall–Kier alpha value is -1.22. The molecule has 0 amide bonds. The van der Waals surface area contributed by atoms with Crippen LogP contribution < -0.4 is 15.2 Å². The third kappa shape index (κ3) is 2.64. The molecule has 1 fully saturated rings. The van der Waals surface area contributed by atoms with E-state index in [9.17, 15) is 0 Å². The number of benzene rings is 1. The fourth-order valence-electron chi connectivity index (χ4n) is 3.51. The van der Waals surface area contributed by atoms with E-state index < -0.39 is 0 Å². The van der Waals surface area contributed by atoms with Crippen molar-refractivity contribution in [2.45, 2.75) is 45.1 Å².